The van der Waals surface area contributed by atoms with Gasteiger partial charge in [-0.25, -0.2) is 8.78 Å². The van der Waals surface area contributed by atoms with Gasteiger partial charge in [-0.3, -0.25) is 14.2 Å². The Hall–Kier alpha value is -3.69. The van der Waals surface area contributed by atoms with Crippen LogP contribution in [0.1, 0.15) is 40.0 Å². The molecular formula is C21H16F5N3O2. The van der Waals surface area contributed by atoms with Crippen LogP contribution in [0.4, 0.5) is 27.6 Å². The molecule has 1 amide bonds. The van der Waals surface area contributed by atoms with Crippen LogP contribution in [0.3, 0.4) is 0 Å². The molecule has 1 atom stereocenters. The van der Waals surface area contributed by atoms with E-state index in [-0.39, 0.29) is 22.5 Å². The van der Waals surface area contributed by atoms with Crippen LogP contribution >= 0.6 is 0 Å². The van der Waals surface area contributed by atoms with Crippen molar-refractivity contribution < 1.29 is 26.7 Å². The van der Waals surface area contributed by atoms with E-state index in [1.165, 1.54) is 13.0 Å². The summed E-state index contributed by atoms with van der Waals surface area (Å²) in [5.41, 5.74) is 7.95. The molecule has 31 heavy (non-hydrogen) atoms. The fourth-order valence-corrected chi connectivity index (χ4v) is 3.35. The Bertz CT molecular complexity index is 1230. The first-order valence-electron chi connectivity index (χ1n) is 8.89. The summed E-state index contributed by atoms with van der Waals surface area (Å²) in [5.74, 6) is -4.71. The van der Waals surface area contributed by atoms with Crippen molar-refractivity contribution in [1.82, 2.24) is 4.57 Å². The maximum Gasteiger partial charge on any atom is 0.416 e. The number of carbonyl (C=O) groups excluding carboxylic acids is 1. The van der Waals surface area contributed by atoms with Gasteiger partial charge in [0, 0.05) is 23.4 Å². The molecule has 0 aliphatic carbocycles. The maximum absolute atomic E-state index is 14.5. The van der Waals surface area contributed by atoms with E-state index < -0.39 is 46.4 Å². The Morgan fingerprint density at radius 3 is 2.35 bits per heavy atom. The van der Waals surface area contributed by atoms with Crippen molar-refractivity contribution in [3.8, 4) is 5.69 Å². The molecule has 0 saturated carbocycles. The Morgan fingerprint density at radius 2 is 1.74 bits per heavy atom. The molecule has 4 N–H and O–H groups in total. The first-order chi connectivity index (χ1) is 14.4. The van der Waals surface area contributed by atoms with Crippen molar-refractivity contribution in [2.24, 2.45) is 5.73 Å². The number of pyridine rings is 1. The molecule has 1 aromatic heterocycles. The fourth-order valence-electron chi connectivity index (χ4n) is 3.35. The number of rotatable bonds is 4. The number of halogens is 5. The fraction of sp³-hybridized carbons (Fsp3) is 0.143. The van der Waals surface area contributed by atoms with E-state index in [0.29, 0.717) is 0 Å². The van der Waals surface area contributed by atoms with Gasteiger partial charge in [-0.2, -0.15) is 13.2 Å². The van der Waals surface area contributed by atoms with Gasteiger partial charge in [0.2, 0.25) is 0 Å². The van der Waals surface area contributed by atoms with Gasteiger partial charge in [-0.05, 0) is 42.0 Å². The molecule has 0 unspecified atom stereocenters. The van der Waals surface area contributed by atoms with Gasteiger partial charge in [0.15, 0.2) is 11.6 Å². The Morgan fingerprint density at radius 1 is 1.06 bits per heavy atom. The van der Waals surface area contributed by atoms with E-state index in [2.05, 4.69) is 0 Å². The first kappa shape index (κ1) is 22.0. The second-order valence-electron chi connectivity index (χ2n) is 6.85. The van der Waals surface area contributed by atoms with Crippen LogP contribution < -0.4 is 17.0 Å². The number of anilines is 1. The molecule has 5 nitrogen and oxygen atoms in total. The molecule has 162 valence electrons. The summed E-state index contributed by atoms with van der Waals surface area (Å²) >= 11 is 0. The summed E-state index contributed by atoms with van der Waals surface area (Å²) in [6, 6.07) is 7.86. The van der Waals surface area contributed by atoms with Crippen molar-refractivity contribution in [2.45, 2.75) is 19.0 Å². The van der Waals surface area contributed by atoms with Gasteiger partial charge >= 0.3 is 6.18 Å². The molecule has 0 bridgehead atoms. The zero-order chi connectivity index (χ0) is 23.1. The van der Waals surface area contributed by atoms with E-state index in [1.54, 1.807) is 0 Å². The van der Waals surface area contributed by atoms with Crippen molar-refractivity contribution in [3.05, 3.63) is 92.9 Å². The number of primary amides is 1. The number of aromatic nitrogens is 1. The molecule has 10 heteroatoms. The molecule has 0 fully saturated rings. The number of nitrogens with zero attached hydrogens (tertiary/aromatic N) is 1. The predicted octanol–water partition coefficient (Wildman–Crippen LogP) is 3.97. The van der Waals surface area contributed by atoms with Crippen LogP contribution in [0.15, 0.2) is 53.3 Å². The molecule has 0 radical (unpaired) electrons. The molecule has 0 saturated heterocycles. The van der Waals surface area contributed by atoms with E-state index in [9.17, 15) is 31.5 Å². The van der Waals surface area contributed by atoms with Gasteiger partial charge in [-0.15, -0.1) is 0 Å². The third-order valence-corrected chi connectivity index (χ3v) is 4.78. The van der Waals surface area contributed by atoms with E-state index in [4.69, 9.17) is 11.5 Å². The number of hydrogen-bond donors (Lipinski definition) is 2. The van der Waals surface area contributed by atoms with Crippen molar-refractivity contribution >= 4 is 11.6 Å². The summed E-state index contributed by atoms with van der Waals surface area (Å²) in [6.45, 7) is 1.39. The lowest BCUT2D eigenvalue weighted by atomic mass is 9.91. The number of nitrogen functional groups attached to an aromatic ring is 1. The van der Waals surface area contributed by atoms with Crippen molar-refractivity contribution in [3.63, 3.8) is 0 Å². The molecule has 0 aliphatic rings. The SMILES string of the molecule is C[C@H](c1cc(N)cc(C(F)(F)F)c1)c1c(C(N)=O)ccc(=O)n1-c1cccc(F)c1F. The Balaban J connectivity index is 2.36. The number of hydrogen-bond acceptors (Lipinski definition) is 3. The smallest absolute Gasteiger partial charge is 0.399 e. The number of carbonyl (C=O) groups is 1. The lowest BCUT2D eigenvalue weighted by molar-refractivity contribution is -0.137. The zero-order valence-corrected chi connectivity index (χ0v) is 16.0. The van der Waals surface area contributed by atoms with Gasteiger partial charge < -0.3 is 11.5 Å². The molecule has 3 aromatic rings. The topological polar surface area (TPSA) is 91.1 Å². The minimum atomic E-state index is -4.71. The molecular weight excluding hydrogens is 421 g/mol. The zero-order valence-electron chi connectivity index (χ0n) is 16.0. The number of alkyl halides is 3. The van der Waals surface area contributed by atoms with Crippen LogP contribution in [0.5, 0.6) is 0 Å². The van der Waals surface area contributed by atoms with Crippen LogP contribution in [0.25, 0.3) is 5.69 Å². The highest BCUT2D eigenvalue weighted by atomic mass is 19.4. The highest BCUT2D eigenvalue weighted by molar-refractivity contribution is 5.94. The predicted molar refractivity (Wildman–Crippen MR) is 104 cm³/mol. The minimum absolute atomic E-state index is 0.00835. The summed E-state index contributed by atoms with van der Waals surface area (Å²) in [5, 5.41) is 0. The van der Waals surface area contributed by atoms with E-state index in [0.717, 1.165) is 47.0 Å². The first-order valence-corrected chi connectivity index (χ1v) is 8.89. The highest BCUT2D eigenvalue weighted by Crippen LogP contribution is 2.36. The third-order valence-electron chi connectivity index (χ3n) is 4.78. The van der Waals surface area contributed by atoms with Crippen LogP contribution in [-0.2, 0) is 6.18 Å². The third kappa shape index (κ3) is 4.14. The second-order valence-corrected chi connectivity index (χ2v) is 6.85. The van der Waals surface area contributed by atoms with Crippen molar-refractivity contribution in [1.29, 1.82) is 0 Å². The van der Waals surface area contributed by atoms with Gasteiger partial charge in [0.05, 0.1) is 16.8 Å². The molecule has 1 heterocycles. The van der Waals surface area contributed by atoms with Gasteiger partial charge in [-0.1, -0.05) is 13.0 Å². The van der Waals surface area contributed by atoms with Crippen LogP contribution in [0.2, 0.25) is 0 Å². The average Bonchev–Trinajstić information content (AvgIpc) is 2.68. The van der Waals surface area contributed by atoms with Crippen LogP contribution in [0, 0.1) is 11.6 Å². The summed E-state index contributed by atoms with van der Waals surface area (Å²) in [6.07, 6.45) is -4.71. The number of amides is 1. The molecule has 3 rings (SSSR count). The average molecular weight is 437 g/mol. The maximum atomic E-state index is 14.5. The highest BCUT2D eigenvalue weighted by Gasteiger charge is 2.32. The Labute approximate surface area is 172 Å². The largest absolute Gasteiger partial charge is 0.416 e. The normalized spacial score (nSPS) is 12.6. The summed E-state index contributed by atoms with van der Waals surface area (Å²) in [7, 11) is 0. The number of nitrogens with two attached hydrogens (primary N) is 2. The molecule has 0 aliphatic heterocycles. The van der Waals surface area contributed by atoms with E-state index in [1.807, 2.05) is 0 Å². The van der Waals surface area contributed by atoms with Crippen molar-refractivity contribution in [2.75, 3.05) is 5.73 Å². The monoisotopic (exact) mass is 437 g/mol. The summed E-state index contributed by atoms with van der Waals surface area (Å²) in [4.78, 5) is 24.7. The summed E-state index contributed by atoms with van der Waals surface area (Å²) < 4.78 is 68.8. The lowest BCUT2D eigenvalue weighted by Crippen LogP contribution is -2.28. The van der Waals surface area contributed by atoms with Crippen LogP contribution in [-0.4, -0.2) is 10.5 Å². The molecule has 0 spiro atoms. The Kier molecular flexibility index (Phi) is 5.58. The number of benzene rings is 2. The lowest BCUT2D eigenvalue weighted by Gasteiger charge is -2.23. The quantitative estimate of drug-likeness (QED) is 0.478. The van der Waals surface area contributed by atoms with Gasteiger partial charge in [0.1, 0.15) is 0 Å². The minimum Gasteiger partial charge on any atom is -0.399 e. The standard InChI is InChI=1S/C21H16F5N3O2/c1-10(11-7-12(21(24,25)26)9-13(27)8-11)19-14(20(28)31)5-6-17(30)29(19)16-4-2-3-15(22)18(16)23/h2-10H,27H2,1H3,(H2,28,31)/t10-/m1/s1. The van der Waals surface area contributed by atoms with E-state index >= 15 is 0 Å². The van der Waals surface area contributed by atoms with Gasteiger partial charge in [0.25, 0.3) is 11.5 Å². The second kappa shape index (κ2) is 7.86. The molecule has 2 aromatic carbocycles.